The molecule has 0 radical (unpaired) electrons. The van der Waals surface area contributed by atoms with E-state index in [9.17, 15) is 13.2 Å². The van der Waals surface area contributed by atoms with Crippen LogP contribution in [0.5, 0.6) is 0 Å². The fourth-order valence-electron chi connectivity index (χ4n) is 3.42. The highest BCUT2D eigenvalue weighted by molar-refractivity contribution is 7.92. The Morgan fingerprint density at radius 3 is 2.16 bits per heavy atom. The first-order valence-electron chi connectivity index (χ1n) is 10.4. The van der Waals surface area contributed by atoms with Gasteiger partial charge in [-0.3, -0.25) is 4.72 Å². The number of para-hydroxylation sites is 1. The van der Waals surface area contributed by atoms with Crippen LogP contribution in [-0.4, -0.2) is 51.2 Å². The van der Waals surface area contributed by atoms with E-state index in [4.69, 9.17) is 4.74 Å². The number of amides is 1. The summed E-state index contributed by atoms with van der Waals surface area (Å²) in [5, 5.41) is 0. The van der Waals surface area contributed by atoms with Crippen molar-refractivity contribution in [3.05, 3.63) is 53.6 Å². The third-order valence-corrected chi connectivity index (χ3v) is 6.46. The Morgan fingerprint density at radius 2 is 1.58 bits per heavy atom. The molecule has 1 amide bonds. The van der Waals surface area contributed by atoms with Crippen molar-refractivity contribution in [1.82, 2.24) is 4.90 Å². The predicted molar refractivity (Wildman–Crippen MR) is 123 cm³/mol. The predicted octanol–water partition coefficient (Wildman–Crippen LogP) is 4.16. The van der Waals surface area contributed by atoms with E-state index in [1.54, 1.807) is 29.2 Å². The minimum absolute atomic E-state index is 0.224. The molecular weight excluding hydrogens is 414 g/mol. The van der Waals surface area contributed by atoms with Crippen LogP contribution in [0.15, 0.2) is 47.4 Å². The summed E-state index contributed by atoms with van der Waals surface area (Å²) >= 11 is 0. The molecule has 1 saturated heterocycles. The first-order chi connectivity index (χ1) is 14.5. The Bertz CT molecular complexity index is 1040. The van der Waals surface area contributed by atoms with Gasteiger partial charge in [-0.05, 0) is 58.4 Å². The van der Waals surface area contributed by atoms with Gasteiger partial charge in [-0.25, -0.2) is 13.2 Å². The van der Waals surface area contributed by atoms with Gasteiger partial charge in [0, 0.05) is 26.2 Å². The fraction of sp³-hybridized carbons (Fsp3) is 0.435. The van der Waals surface area contributed by atoms with Gasteiger partial charge in [0.2, 0.25) is 0 Å². The minimum Gasteiger partial charge on any atom is -0.444 e. The summed E-state index contributed by atoms with van der Waals surface area (Å²) in [7, 11) is -3.72. The second-order valence-corrected chi connectivity index (χ2v) is 10.5. The number of rotatable bonds is 4. The van der Waals surface area contributed by atoms with E-state index in [-0.39, 0.29) is 11.0 Å². The highest BCUT2D eigenvalue weighted by Gasteiger charge is 2.27. The molecule has 0 unspecified atom stereocenters. The monoisotopic (exact) mass is 445 g/mol. The number of nitrogens with one attached hydrogen (secondary N) is 1. The molecule has 2 aromatic carbocycles. The van der Waals surface area contributed by atoms with Crippen LogP contribution in [0.2, 0.25) is 0 Å². The van der Waals surface area contributed by atoms with Crippen LogP contribution in [-0.2, 0) is 14.8 Å². The van der Waals surface area contributed by atoms with E-state index in [1.807, 2.05) is 52.8 Å². The van der Waals surface area contributed by atoms with E-state index < -0.39 is 15.6 Å². The highest BCUT2D eigenvalue weighted by Crippen LogP contribution is 2.32. The highest BCUT2D eigenvalue weighted by atomic mass is 32.2. The summed E-state index contributed by atoms with van der Waals surface area (Å²) in [6.45, 7) is 11.5. The van der Waals surface area contributed by atoms with Crippen LogP contribution in [0, 0.1) is 13.8 Å². The molecule has 1 N–H and O–H groups in total. The van der Waals surface area contributed by atoms with Crippen molar-refractivity contribution in [3.8, 4) is 0 Å². The largest absolute Gasteiger partial charge is 0.444 e. The molecule has 168 valence electrons. The molecule has 0 aliphatic carbocycles. The van der Waals surface area contributed by atoms with E-state index >= 15 is 0 Å². The van der Waals surface area contributed by atoms with Crippen LogP contribution in [0.25, 0.3) is 0 Å². The summed E-state index contributed by atoms with van der Waals surface area (Å²) in [6, 6.07) is 12.5. The molecular formula is C23H31N3O4S. The van der Waals surface area contributed by atoms with Crippen molar-refractivity contribution in [2.24, 2.45) is 0 Å². The number of benzene rings is 2. The number of hydrogen-bond acceptors (Lipinski definition) is 5. The number of piperazine rings is 1. The first kappa shape index (κ1) is 22.9. The van der Waals surface area contributed by atoms with Crippen molar-refractivity contribution < 1.29 is 17.9 Å². The van der Waals surface area contributed by atoms with Crippen LogP contribution < -0.4 is 9.62 Å². The standard InChI is InChI=1S/C23H31N3O4S/c1-17-9-11-19(12-10-17)31(28,29)24-21-18(2)7-6-8-20(21)25-13-15-26(16-14-25)22(27)30-23(3,4)5/h6-12,24H,13-16H2,1-5H3. The molecule has 2 aromatic rings. The summed E-state index contributed by atoms with van der Waals surface area (Å²) in [5.41, 5.74) is 2.67. The van der Waals surface area contributed by atoms with Crippen LogP contribution in [0.4, 0.5) is 16.2 Å². The summed E-state index contributed by atoms with van der Waals surface area (Å²) in [4.78, 5) is 16.4. The lowest BCUT2D eigenvalue weighted by Crippen LogP contribution is -2.50. The summed E-state index contributed by atoms with van der Waals surface area (Å²) in [6.07, 6.45) is -0.323. The zero-order valence-corrected chi connectivity index (χ0v) is 19.6. The lowest BCUT2D eigenvalue weighted by molar-refractivity contribution is 0.0240. The number of ether oxygens (including phenoxy) is 1. The lowest BCUT2D eigenvalue weighted by Gasteiger charge is -2.37. The number of sulfonamides is 1. The van der Waals surface area contributed by atoms with Gasteiger partial charge < -0.3 is 14.5 Å². The third kappa shape index (κ3) is 5.70. The molecule has 31 heavy (non-hydrogen) atoms. The minimum atomic E-state index is -3.72. The van der Waals surface area contributed by atoms with Crippen molar-refractivity contribution in [1.29, 1.82) is 0 Å². The normalized spacial score (nSPS) is 15.0. The molecule has 3 rings (SSSR count). The molecule has 1 fully saturated rings. The number of carbonyl (C=O) groups is 1. The molecule has 1 aliphatic rings. The number of carbonyl (C=O) groups excluding carboxylic acids is 1. The maximum atomic E-state index is 13.0. The maximum absolute atomic E-state index is 13.0. The fourth-order valence-corrected chi connectivity index (χ4v) is 4.56. The maximum Gasteiger partial charge on any atom is 0.410 e. The van der Waals surface area contributed by atoms with Gasteiger partial charge in [0.25, 0.3) is 10.0 Å². The van der Waals surface area contributed by atoms with Gasteiger partial charge in [0.15, 0.2) is 0 Å². The van der Waals surface area contributed by atoms with Crippen LogP contribution in [0.3, 0.4) is 0 Å². The summed E-state index contributed by atoms with van der Waals surface area (Å²) < 4.78 is 34.2. The SMILES string of the molecule is Cc1ccc(S(=O)(=O)Nc2c(C)cccc2N2CCN(C(=O)OC(C)(C)C)CC2)cc1. The topological polar surface area (TPSA) is 79.0 Å². The van der Waals surface area contributed by atoms with E-state index in [2.05, 4.69) is 9.62 Å². The Balaban J connectivity index is 1.78. The molecule has 0 saturated carbocycles. The van der Waals surface area contributed by atoms with Crippen molar-refractivity contribution in [2.45, 2.75) is 45.1 Å². The van der Waals surface area contributed by atoms with E-state index in [0.717, 1.165) is 16.8 Å². The first-order valence-corrected chi connectivity index (χ1v) is 11.9. The Hall–Kier alpha value is -2.74. The summed E-state index contributed by atoms with van der Waals surface area (Å²) in [5.74, 6) is 0. The number of hydrogen-bond donors (Lipinski definition) is 1. The van der Waals surface area contributed by atoms with Gasteiger partial charge in [0.1, 0.15) is 5.60 Å². The lowest BCUT2D eigenvalue weighted by atomic mass is 10.1. The number of nitrogens with zero attached hydrogens (tertiary/aromatic N) is 2. The van der Waals surface area contributed by atoms with Crippen LogP contribution >= 0.6 is 0 Å². The smallest absolute Gasteiger partial charge is 0.410 e. The van der Waals surface area contributed by atoms with Gasteiger partial charge in [-0.1, -0.05) is 29.8 Å². The Morgan fingerprint density at radius 1 is 0.968 bits per heavy atom. The number of aryl methyl sites for hydroxylation is 2. The van der Waals surface area contributed by atoms with Crippen molar-refractivity contribution in [3.63, 3.8) is 0 Å². The molecule has 1 heterocycles. The molecule has 0 aromatic heterocycles. The average Bonchev–Trinajstić information content (AvgIpc) is 2.68. The molecule has 0 atom stereocenters. The van der Waals surface area contributed by atoms with Gasteiger partial charge in [0.05, 0.1) is 16.3 Å². The molecule has 7 nitrogen and oxygen atoms in total. The second-order valence-electron chi connectivity index (χ2n) is 8.84. The molecule has 8 heteroatoms. The number of anilines is 2. The zero-order valence-electron chi connectivity index (χ0n) is 18.8. The van der Waals surface area contributed by atoms with Gasteiger partial charge in [-0.2, -0.15) is 0 Å². The average molecular weight is 446 g/mol. The van der Waals surface area contributed by atoms with Crippen LogP contribution in [0.1, 0.15) is 31.9 Å². The molecule has 1 aliphatic heterocycles. The van der Waals surface area contributed by atoms with Crippen molar-refractivity contribution in [2.75, 3.05) is 35.8 Å². The molecule has 0 bridgehead atoms. The second kappa shape index (κ2) is 8.78. The van der Waals surface area contributed by atoms with Gasteiger partial charge >= 0.3 is 6.09 Å². The Labute approximate surface area is 185 Å². The molecule has 0 spiro atoms. The van der Waals surface area contributed by atoms with Gasteiger partial charge in [-0.15, -0.1) is 0 Å². The van der Waals surface area contributed by atoms with E-state index in [0.29, 0.717) is 31.9 Å². The third-order valence-electron chi connectivity index (χ3n) is 5.09. The quantitative estimate of drug-likeness (QED) is 0.764. The zero-order chi connectivity index (χ0) is 22.8. The van der Waals surface area contributed by atoms with Crippen molar-refractivity contribution >= 4 is 27.5 Å². The van der Waals surface area contributed by atoms with E-state index in [1.165, 1.54) is 0 Å². The Kier molecular flexibility index (Phi) is 6.50.